The van der Waals surface area contributed by atoms with Crippen molar-refractivity contribution in [3.05, 3.63) is 41.5 Å². The highest BCUT2D eigenvalue weighted by atomic mass is 16.3. The summed E-state index contributed by atoms with van der Waals surface area (Å²) in [7, 11) is 4.04. The Morgan fingerprint density at radius 2 is 2.00 bits per heavy atom. The molecule has 0 aliphatic heterocycles. The van der Waals surface area contributed by atoms with Crippen molar-refractivity contribution in [2.45, 2.75) is 25.0 Å². The van der Waals surface area contributed by atoms with Gasteiger partial charge in [0.05, 0.1) is 11.6 Å². The molecule has 1 aromatic rings. The fraction of sp³-hybridized carbons (Fsp3) is 0.429. The number of aliphatic hydroxyl groups is 1. The maximum atomic E-state index is 10.0. The minimum Gasteiger partial charge on any atom is -0.391 e. The molecule has 0 aromatic heterocycles. The van der Waals surface area contributed by atoms with Gasteiger partial charge in [-0.3, -0.25) is 4.90 Å². The second-order valence-corrected chi connectivity index (χ2v) is 4.77. The Morgan fingerprint density at radius 3 is 2.62 bits per heavy atom. The van der Waals surface area contributed by atoms with Gasteiger partial charge in [0, 0.05) is 0 Å². The molecule has 0 saturated carbocycles. The van der Waals surface area contributed by atoms with Crippen molar-refractivity contribution in [3.63, 3.8) is 0 Å². The predicted molar refractivity (Wildman–Crippen MR) is 67.3 cm³/mol. The average molecular weight is 217 g/mol. The molecular formula is C14H19NO. The van der Waals surface area contributed by atoms with E-state index < -0.39 is 0 Å². The van der Waals surface area contributed by atoms with Crippen LogP contribution in [-0.4, -0.2) is 35.7 Å². The van der Waals surface area contributed by atoms with Crippen LogP contribution in [0.15, 0.2) is 30.3 Å². The van der Waals surface area contributed by atoms with E-state index in [1.165, 1.54) is 11.1 Å². The lowest BCUT2D eigenvalue weighted by Crippen LogP contribution is -2.53. The van der Waals surface area contributed by atoms with Gasteiger partial charge in [0.25, 0.3) is 0 Å². The number of rotatable bonds is 2. The molecule has 0 fully saturated rings. The van der Waals surface area contributed by atoms with Crippen LogP contribution in [0.5, 0.6) is 0 Å². The lowest BCUT2D eigenvalue weighted by molar-refractivity contribution is 0.0378. The first kappa shape index (κ1) is 11.4. The summed E-state index contributed by atoms with van der Waals surface area (Å²) in [6.07, 6.45) is 4.72. The average Bonchev–Trinajstić information content (AvgIpc) is 2.27. The van der Waals surface area contributed by atoms with Crippen molar-refractivity contribution in [2.24, 2.45) is 0 Å². The largest absolute Gasteiger partial charge is 0.391 e. The molecule has 1 aromatic carbocycles. The van der Waals surface area contributed by atoms with Gasteiger partial charge in [0.2, 0.25) is 0 Å². The van der Waals surface area contributed by atoms with Crippen LogP contribution in [0, 0.1) is 0 Å². The quantitative estimate of drug-likeness (QED) is 0.818. The van der Waals surface area contributed by atoms with Crippen molar-refractivity contribution in [3.8, 4) is 0 Å². The minimum atomic E-state index is -0.382. The molecule has 2 heteroatoms. The number of hydrogen-bond donors (Lipinski definition) is 1. The van der Waals surface area contributed by atoms with E-state index >= 15 is 0 Å². The van der Waals surface area contributed by atoms with Gasteiger partial charge in [-0.2, -0.15) is 0 Å². The summed E-state index contributed by atoms with van der Waals surface area (Å²) in [6, 6.07) is 8.36. The van der Waals surface area contributed by atoms with Crippen LogP contribution in [-0.2, 0) is 6.42 Å². The van der Waals surface area contributed by atoms with E-state index in [1.54, 1.807) is 0 Å². The molecule has 1 N–H and O–H groups in total. The van der Waals surface area contributed by atoms with Crippen molar-refractivity contribution in [2.75, 3.05) is 14.1 Å². The molecule has 0 spiro atoms. The maximum absolute atomic E-state index is 10.0. The zero-order valence-electron chi connectivity index (χ0n) is 10.1. The van der Waals surface area contributed by atoms with Gasteiger partial charge in [-0.25, -0.2) is 0 Å². The molecule has 0 heterocycles. The number of benzene rings is 1. The maximum Gasteiger partial charge on any atom is 0.0734 e. The minimum absolute atomic E-state index is 0.269. The topological polar surface area (TPSA) is 23.5 Å². The van der Waals surface area contributed by atoms with E-state index in [4.69, 9.17) is 0 Å². The van der Waals surface area contributed by atoms with E-state index in [9.17, 15) is 5.11 Å². The molecule has 1 aliphatic rings. The zero-order valence-corrected chi connectivity index (χ0v) is 10.1. The van der Waals surface area contributed by atoms with Crippen LogP contribution in [0.25, 0.3) is 6.08 Å². The van der Waals surface area contributed by atoms with Gasteiger partial charge in [-0.15, -0.1) is 0 Å². The van der Waals surface area contributed by atoms with Crippen LogP contribution in [0.2, 0.25) is 0 Å². The third kappa shape index (κ3) is 1.68. The van der Waals surface area contributed by atoms with Gasteiger partial charge in [-0.05, 0) is 38.6 Å². The molecule has 0 saturated heterocycles. The Morgan fingerprint density at radius 1 is 1.31 bits per heavy atom. The highest BCUT2D eigenvalue weighted by Gasteiger charge is 2.37. The van der Waals surface area contributed by atoms with E-state index in [0.29, 0.717) is 0 Å². The lowest BCUT2D eigenvalue weighted by Gasteiger charge is -2.42. The lowest BCUT2D eigenvalue weighted by atomic mass is 9.79. The Balaban J connectivity index is 2.43. The first-order valence-corrected chi connectivity index (χ1v) is 5.69. The number of hydrogen-bond acceptors (Lipinski definition) is 2. The number of fused-ring (bicyclic) bond motifs is 1. The van der Waals surface area contributed by atoms with Crippen LogP contribution < -0.4 is 0 Å². The molecule has 1 aliphatic carbocycles. The molecule has 2 nitrogen and oxygen atoms in total. The first-order valence-electron chi connectivity index (χ1n) is 5.69. The highest BCUT2D eigenvalue weighted by molar-refractivity contribution is 5.59. The van der Waals surface area contributed by atoms with Gasteiger partial charge in [-0.1, -0.05) is 36.4 Å². The fourth-order valence-electron chi connectivity index (χ4n) is 2.42. The molecule has 86 valence electrons. The summed E-state index contributed by atoms with van der Waals surface area (Å²) in [5.74, 6) is 0. The zero-order chi connectivity index (χ0) is 11.8. The second-order valence-electron chi connectivity index (χ2n) is 4.77. The summed E-state index contributed by atoms with van der Waals surface area (Å²) in [5.41, 5.74) is 2.30. The Bertz CT molecular complexity index is 399. The van der Waals surface area contributed by atoms with E-state index in [-0.39, 0.29) is 11.6 Å². The van der Waals surface area contributed by atoms with E-state index in [0.717, 1.165) is 6.42 Å². The number of aliphatic hydroxyl groups excluding tert-OH is 1. The van der Waals surface area contributed by atoms with Crippen molar-refractivity contribution < 1.29 is 5.11 Å². The molecule has 0 radical (unpaired) electrons. The fourth-order valence-corrected chi connectivity index (χ4v) is 2.42. The van der Waals surface area contributed by atoms with Crippen molar-refractivity contribution in [1.82, 2.24) is 4.90 Å². The van der Waals surface area contributed by atoms with Gasteiger partial charge in [0.1, 0.15) is 0 Å². The molecule has 0 bridgehead atoms. The van der Waals surface area contributed by atoms with Crippen molar-refractivity contribution in [1.29, 1.82) is 0 Å². The third-order valence-electron chi connectivity index (χ3n) is 3.64. The van der Waals surface area contributed by atoms with Crippen LogP contribution in [0.4, 0.5) is 0 Å². The second kappa shape index (κ2) is 4.04. The summed E-state index contributed by atoms with van der Waals surface area (Å²) in [6.45, 7) is 1.86. The molecular weight excluding hydrogens is 198 g/mol. The number of likely N-dealkylation sites (N-methyl/N-ethyl adjacent to an activating group) is 1. The van der Waals surface area contributed by atoms with E-state index in [2.05, 4.69) is 35.3 Å². The summed E-state index contributed by atoms with van der Waals surface area (Å²) >= 11 is 0. The SMILES string of the molecule is CC(O)C1(N(C)C)C=Cc2ccccc2C1. The monoisotopic (exact) mass is 217 g/mol. The van der Waals surface area contributed by atoms with Crippen LogP contribution in [0.1, 0.15) is 18.1 Å². The van der Waals surface area contributed by atoms with Crippen LogP contribution >= 0.6 is 0 Å². The van der Waals surface area contributed by atoms with Gasteiger partial charge in [0.15, 0.2) is 0 Å². The molecule has 16 heavy (non-hydrogen) atoms. The van der Waals surface area contributed by atoms with Crippen molar-refractivity contribution >= 4 is 6.08 Å². The third-order valence-corrected chi connectivity index (χ3v) is 3.64. The Kier molecular flexibility index (Phi) is 2.87. The smallest absolute Gasteiger partial charge is 0.0734 e. The summed E-state index contributed by atoms with van der Waals surface area (Å²) in [4.78, 5) is 2.10. The number of nitrogens with zero attached hydrogens (tertiary/aromatic N) is 1. The normalized spacial score (nSPS) is 25.6. The first-order chi connectivity index (χ1) is 7.56. The van der Waals surface area contributed by atoms with E-state index in [1.807, 2.05) is 27.1 Å². The highest BCUT2D eigenvalue weighted by Crippen LogP contribution is 2.31. The molecule has 2 atom stereocenters. The predicted octanol–water partition coefficient (Wildman–Crippen LogP) is 1.94. The molecule has 2 rings (SSSR count). The van der Waals surface area contributed by atoms with Crippen LogP contribution in [0.3, 0.4) is 0 Å². The summed E-state index contributed by atoms with van der Waals surface area (Å²) in [5, 5.41) is 10.0. The molecule has 0 amide bonds. The Labute approximate surface area is 97.2 Å². The van der Waals surface area contributed by atoms with Gasteiger partial charge >= 0.3 is 0 Å². The standard InChI is InChI=1S/C14H19NO/c1-11(16)14(15(2)3)9-8-12-6-4-5-7-13(12)10-14/h4-9,11,16H,10H2,1-3H3. The Hall–Kier alpha value is -1.12. The summed E-state index contributed by atoms with van der Waals surface area (Å²) < 4.78 is 0. The molecule has 2 unspecified atom stereocenters. The van der Waals surface area contributed by atoms with Gasteiger partial charge < -0.3 is 5.11 Å².